The van der Waals surface area contributed by atoms with E-state index in [0.717, 1.165) is 18.4 Å². The van der Waals surface area contributed by atoms with Crippen molar-refractivity contribution in [3.8, 4) is 5.75 Å². The highest BCUT2D eigenvalue weighted by Crippen LogP contribution is 2.47. The lowest BCUT2D eigenvalue weighted by Gasteiger charge is -2.45. The zero-order valence-electron chi connectivity index (χ0n) is 18.2. The molecule has 1 saturated carbocycles. The van der Waals surface area contributed by atoms with Gasteiger partial charge in [-0.25, -0.2) is 18.4 Å². The Morgan fingerprint density at radius 1 is 1.15 bits per heavy atom. The van der Waals surface area contributed by atoms with Gasteiger partial charge in [0.15, 0.2) is 5.54 Å². The summed E-state index contributed by atoms with van der Waals surface area (Å²) in [6.45, 7) is 0.361. The summed E-state index contributed by atoms with van der Waals surface area (Å²) in [7, 11) is 0. The van der Waals surface area contributed by atoms with Crippen molar-refractivity contribution < 1.29 is 28.2 Å². The number of urea groups is 1. The van der Waals surface area contributed by atoms with Gasteiger partial charge in [-0.2, -0.15) is 0 Å². The molecule has 2 aliphatic rings. The molecule has 0 bridgehead atoms. The van der Waals surface area contributed by atoms with Gasteiger partial charge in [0.05, 0.1) is 11.1 Å². The number of benzene rings is 2. The molecule has 1 unspecified atom stereocenters. The van der Waals surface area contributed by atoms with Crippen LogP contribution in [0.4, 0.5) is 13.6 Å². The third-order valence-electron chi connectivity index (χ3n) is 6.25. The number of carbonyl (C=O) groups is 2. The minimum atomic E-state index is -3.13. The Morgan fingerprint density at radius 2 is 1.85 bits per heavy atom. The SMILES string of the molecule is O=C(NC1(C(=O)O)CC(F)(F)C1)N(CCCCc1ccccc1)C1COc2c(Cl)cc(Cl)cc21. The van der Waals surface area contributed by atoms with Crippen molar-refractivity contribution >= 4 is 35.2 Å². The van der Waals surface area contributed by atoms with E-state index in [1.165, 1.54) is 11.0 Å². The molecule has 2 N–H and O–H groups in total. The van der Waals surface area contributed by atoms with Crippen LogP contribution in [0.15, 0.2) is 42.5 Å². The number of ether oxygens (including phenoxy) is 1. The molecule has 1 heterocycles. The second-order valence-corrected chi connectivity index (χ2v) is 9.64. The number of hydrogen-bond donors (Lipinski definition) is 2. The summed E-state index contributed by atoms with van der Waals surface area (Å²) in [4.78, 5) is 26.5. The minimum absolute atomic E-state index is 0.0950. The van der Waals surface area contributed by atoms with E-state index >= 15 is 0 Å². The topological polar surface area (TPSA) is 78.9 Å². The van der Waals surface area contributed by atoms with Crippen molar-refractivity contribution in [1.29, 1.82) is 0 Å². The van der Waals surface area contributed by atoms with Crippen molar-refractivity contribution in [2.75, 3.05) is 13.2 Å². The minimum Gasteiger partial charge on any atom is -0.489 e. The van der Waals surface area contributed by atoms with Gasteiger partial charge in [-0.3, -0.25) is 0 Å². The van der Waals surface area contributed by atoms with E-state index in [1.54, 1.807) is 6.07 Å². The Balaban J connectivity index is 1.52. The molecule has 1 fully saturated rings. The van der Waals surface area contributed by atoms with Crippen LogP contribution < -0.4 is 10.1 Å². The van der Waals surface area contributed by atoms with Gasteiger partial charge in [0.2, 0.25) is 0 Å². The molecule has 4 rings (SSSR count). The number of alkyl halides is 2. The van der Waals surface area contributed by atoms with Gasteiger partial charge in [-0.1, -0.05) is 53.5 Å². The van der Waals surface area contributed by atoms with Crippen molar-refractivity contribution in [1.82, 2.24) is 10.2 Å². The number of aryl methyl sites for hydroxylation is 1. The second-order valence-electron chi connectivity index (χ2n) is 8.80. The molecule has 2 aromatic carbocycles. The maximum absolute atomic E-state index is 13.6. The zero-order valence-corrected chi connectivity index (χ0v) is 19.7. The van der Waals surface area contributed by atoms with E-state index < -0.39 is 42.3 Å². The first-order chi connectivity index (χ1) is 16.1. The molecule has 0 spiro atoms. The summed E-state index contributed by atoms with van der Waals surface area (Å²) in [6.07, 6.45) is 0.291. The highest BCUT2D eigenvalue weighted by molar-refractivity contribution is 6.35. The van der Waals surface area contributed by atoms with Crippen molar-refractivity contribution in [3.63, 3.8) is 0 Å². The first-order valence-corrected chi connectivity index (χ1v) is 11.7. The molecular weight excluding hydrogens is 489 g/mol. The van der Waals surface area contributed by atoms with Crippen LogP contribution in [0.25, 0.3) is 0 Å². The van der Waals surface area contributed by atoms with Crippen LogP contribution in [0.3, 0.4) is 0 Å². The van der Waals surface area contributed by atoms with Gasteiger partial charge in [0.1, 0.15) is 12.4 Å². The van der Waals surface area contributed by atoms with E-state index in [9.17, 15) is 23.5 Å². The van der Waals surface area contributed by atoms with Crippen molar-refractivity contribution in [2.24, 2.45) is 0 Å². The molecule has 182 valence electrons. The number of fused-ring (bicyclic) bond motifs is 1. The Labute approximate surface area is 205 Å². The number of carboxylic acids is 1. The number of carbonyl (C=O) groups excluding carboxylic acids is 1. The summed E-state index contributed by atoms with van der Waals surface area (Å²) >= 11 is 12.4. The second kappa shape index (κ2) is 9.58. The monoisotopic (exact) mass is 512 g/mol. The normalized spacial score (nSPS) is 19.5. The Morgan fingerprint density at radius 3 is 2.50 bits per heavy atom. The van der Waals surface area contributed by atoms with Gasteiger partial charge in [-0.15, -0.1) is 0 Å². The van der Waals surface area contributed by atoms with Crippen LogP contribution in [-0.2, 0) is 11.2 Å². The summed E-state index contributed by atoms with van der Waals surface area (Å²) in [5.74, 6) is -4.21. The lowest BCUT2D eigenvalue weighted by molar-refractivity contribution is -0.175. The Kier molecular flexibility index (Phi) is 6.92. The van der Waals surface area contributed by atoms with E-state index in [1.807, 2.05) is 30.3 Å². The van der Waals surface area contributed by atoms with Crippen LogP contribution in [0, 0.1) is 0 Å². The van der Waals surface area contributed by atoms with E-state index in [4.69, 9.17) is 27.9 Å². The van der Waals surface area contributed by atoms with E-state index in [-0.39, 0.29) is 13.2 Å². The number of aliphatic carboxylic acids is 1. The molecule has 0 aromatic heterocycles. The smallest absolute Gasteiger partial charge is 0.329 e. The number of amides is 2. The quantitative estimate of drug-likeness (QED) is 0.443. The molecule has 2 amide bonds. The third-order valence-corrected chi connectivity index (χ3v) is 6.75. The predicted molar refractivity (Wildman–Crippen MR) is 124 cm³/mol. The van der Waals surface area contributed by atoms with Crippen molar-refractivity contribution in [3.05, 3.63) is 63.6 Å². The fourth-order valence-electron chi connectivity index (χ4n) is 4.55. The molecule has 0 saturated heterocycles. The first-order valence-electron chi connectivity index (χ1n) is 11.0. The van der Waals surface area contributed by atoms with Gasteiger partial charge in [0, 0.05) is 30.0 Å². The maximum atomic E-state index is 13.6. The average molecular weight is 513 g/mol. The summed E-state index contributed by atoms with van der Waals surface area (Å²) < 4.78 is 32.8. The van der Waals surface area contributed by atoms with Crippen molar-refractivity contribution in [2.45, 2.75) is 49.6 Å². The fourth-order valence-corrected chi connectivity index (χ4v) is 5.11. The zero-order chi connectivity index (χ0) is 24.5. The standard InChI is InChI=1S/C24H24Cl2F2N2O4/c25-16-10-17-19(12-34-20(17)18(26)11-16)30(9-5-4-8-15-6-2-1-3-7-15)22(33)29-23(21(31)32)13-24(27,28)14-23/h1-3,6-7,10-11,19H,4-5,8-9,12-14H2,(H,29,33)(H,31,32). The molecule has 1 aliphatic carbocycles. The Hall–Kier alpha value is -2.58. The molecule has 1 aliphatic heterocycles. The Bertz CT molecular complexity index is 1080. The van der Waals surface area contributed by atoms with E-state index in [0.29, 0.717) is 27.8 Å². The largest absolute Gasteiger partial charge is 0.489 e. The van der Waals surface area contributed by atoms with Gasteiger partial charge < -0.3 is 20.1 Å². The van der Waals surface area contributed by atoms with Crippen LogP contribution >= 0.6 is 23.2 Å². The van der Waals surface area contributed by atoms with E-state index in [2.05, 4.69) is 5.32 Å². The molecule has 34 heavy (non-hydrogen) atoms. The molecule has 10 heteroatoms. The lowest BCUT2D eigenvalue weighted by atomic mass is 9.73. The van der Waals surface area contributed by atoms with Crippen LogP contribution in [0.2, 0.25) is 10.0 Å². The number of hydrogen-bond acceptors (Lipinski definition) is 3. The lowest BCUT2D eigenvalue weighted by Crippen LogP contribution is -2.68. The number of unbranched alkanes of at least 4 members (excludes halogenated alkanes) is 1. The number of nitrogens with one attached hydrogen (secondary N) is 1. The van der Waals surface area contributed by atoms with Crippen LogP contribution in [-0.4, -0.2) is 46.6 Å². The average Bonchev–Trinajstić information content (AvgIpc) is 3.16. The third kappa shape index (κ3) is 5.08. The van der Waals surface area contributed by atoms with Crippen LogP contribution in [0.5, 0.6) is 5.75 Å². The number of halogens is 4. The predicted octanol–water partition coefficient (Wildman–Crippen LogP) is 5.71. The molecule has 2 aromatic rings. The van der Waals surface area contributed by atoms with Gasteiger partial charge >= 0.3 is 12.0 Å². The fraction of sp³-hybridized carbons (Fsp3) is 0.417. The maximum Gasteiger partial charge on any atom is 0.329 e. The summed E-state index contributed by atoms with van der Waals surface area (Å²) in [6, 6.07) is 11.7. The molecule has 0 radical (unpaired) electrons. The number of carboxylic acid groups (broad SMARTS) is 1. The molecular formula is C24H24Cl2F2N2O4. The summed E-state index contributed by atoms with van der Waals surface area (Å²) in [5.41, 5.74) is -0.246. The number of rotatable bonds is 8. The van der Waals surface area contributed by atoms with Gasteiger partial charge in [-0.05, 0) is 37.0 Å². The summed E-state index contributed by atoms with van der Waals surface area (Å²) in [5, 5.41) is 12.6. The molecule has 6 nitrogen and oxygen atoms in total. The first kappa shape index (κ1) is 24.5. The van der Waals surface area contributed by atoms with Crippen LogP contribution in [0.1, 0.15) is 42.9 Å². The number of nitrogens with zero attached hydrogens (tertiary/aromatic N) is 1. The highest BCUT2D eigenvalue weighted by Gasteiger charge is 2.62. The van der Waals surface area contributed by atoms with Gasteiger partial charge in [0.25, 0.3) is 5.92 Å². The highest BCUT2D eigenvalue weighted by atomic mass is 35.5. The molecule has 1 atom stereocenters.